The molecule has 0 amide bonds. The fourth-order valence-corrected chi connectivity index (χ4v) is 5.01. The zero-order valence-corrected chi connectivity index (χ0v) is 19.8. The van der Waals surface area contributed by atoms with Crippen molar-refractivity contribution in [3.8, 4) is 16.9 Å². The van der Waals surface area contributed by atoms with Crippen LogP contribution in [-0.4, -0.2) is 45.6 Å². The first-order chi connectivity index (χ1) is 16.3. The molecule has 1 fully saturated rings. The number of hydrogen-bond acceptors (Lipinski definition) is 6. The van der Waals surface area contributed by atoms with Crippen LogP contribution in [0.25, 0.3) is 16.9 Å². The molecule has 7 heteroatoms. The molecule has 2 aromatic carbocycles. The lowest BCUT2D eigenvalue weighted by Crippen LogP contribution is -2.25. The largest absolute Gasteiger partial charge is 0.384 e. The van der Waals surface area contributed by atoms with Gasteiger partial charge in [0, 0.05) is 53.5 Å². The summed E-state index contributed by atoms with van der Waals surface area (Å²) in [6, 6.07) is 15.0. The number of benzene rings is 2. The first-order valence-corrected chi connectivity index (χ1v) is 12.6. The van der Waals surface area contributed by atoms with Crippen LogP contribution in [0.5, 0.6) is 0 Å². The Kier molecular flexibility index (Phi) is 6.69. The quantitative estimate of drug-likeness (QED) is 0.331. The summed E-state index contributed by atoms with van der Waals surface area (Å²) in [6.45, 7) is 6.80. The van der Waals surface area contributed by atoms with Gasteiger partial charge in [0.2, 0.25) is 0 Å². The van der Waals surface area contributed by atoms with E-state index in [0.29, 0.717) is 0 Å². The van der Waals surface area contributed by atoms with E-state index in [1.807, 2.05) is 10.8 Å². The highest BCUT2D eigenvalue weighted by Crippen LogP contribution is 2.30. The Morgan fingerprint density at radius 2 is 1.91 bits per heavy atom. The fourth-order valence-electron chi connectivity index (χ4n) is 4.28. The number of nitrogens with one attached hydrogen (secondary N) is 2. The Balaban J connectivity index is 1.23. The van der Waals surface area contributed by atoms with E-state index in [9.17, 15) is 0 Å². The Bertz CT molecular complexity index is 1160. The molecule has 5 rings (SSSR count). The Morgan fingerprint density at radius 1 is 1.06 bits per heavy atom. The minimum Gasteiger partial charge on any atom is -0.384 e. The summed E-state index contributed by atoms with van der Waals surface area (Å²) in [7, 11) is 0. The molecule has 1 saturated heterocycles. The number of rotatable bonds is 9. The minimum absolute atomic E-state index is 0.910. The molecule has 2 N–H and O–H groups in total. The van der Waals surface area contributed by atoms with Gasteiger partial charge >= 0.3 is 0 Å². The highest BCUT2D eigenvalue weighted by molar-refractivity contribution is 7.14. The highest BCUT2D eigenvalue weighted by atomic mass is 32.1. The van der Waals surface area contributed by atoms with E-state index >= 15 is 0 Å². The number of hydrogen-bond donors (Lipinski definition) is 2. The van der Waals surface area contributed by atoms with Crippen LogP contribution >= 0.6 is 11.3 Å². The lowest BCUT2D eigenvalue weighted by atomic mass is 10.1. The molecular formula is C26H30N6S. The third-order valence-corrected chi connectivity index (χ3v) is 6.91. The zero-order valence-electron chi connectivity index (χ0n) is 19.0. The molecule has 0 aliphatic carbocycles. The summed E-state index contributed by atoms with van der Waals surface area (Å²) >= 11 is 1.63. The molecule has 1 aliphatic rings. The van der Waals surface area contributed by atoms with Gasteiger partial charge in [0.25, 0.3) is 0 Å². The van der Waals surface area contributed by atoms with Crippen molar-refractivity contribution in [3.63, 3.8) is 0 Å². The van der Waals surface area contributed by atoms with Crippen LogP contribution in [-0.2, 0) is 6.42 Å². The SMILES string of the molecule is CCc1cc(NCCN2CCCC2)ccc1Nc1nc(-c2ccc(-n3ccnc3)cc2)cs1. The topological polar surface area (TPSA) is 58.0 Å². The van der Waals surface area contributed by atoms with E-state index in [0.717, 1.165) is 47.3 Å². The van der Waals surface area contributed by atoms with Crippen molar-refractivity contribution in [3.05, 3.63) is 72.1 Å². The van der Waals surface area contributed by atoms with Crippen LogP contribution in [0.15, 0.2) is 66.6 Å². The van der Waals surface area contributed by atoms with Crippen molar-refractivity contribution < 1.29 is 0 Å². The van der Waals surface area contributed by atoms with Gasteiger partial charge in [-0.1, -0.05) is 19.1 Å². The third-order valence-electron chi connectivity index (χ3n) is 6.15. The molecule has 170 valence electrons. The first-order valence-electron chi connectivity index (χ1n) is 11.7. The van der Waals surface area contributed by atoms with Gasteiger partial charge in [-0.05, 0) is 68.2 Å². The van der Waals surface area contributed by atoms with Crippen molar-refractivity contribution in [2.45, 2.75) is 26.2 Å². The Labute approximate surface area is 199 Å². The van der Waals surface area contributed by atoms with Crippen LogP contribution < -0.4 is 10.6 Å². The maximum Gasteiger partial charge on any atom is 0.187 e. The third kappa shape index (κ3) is 5.26. The summed E-state index contributed by atoms with van der Waals surface area (Å²) in [4.78, 5) is 11.5. The van der Waals surface area contributed by atoms with E-state index in [1.165, 1.54) is 37.2 Å². The molecule has 2 aromatic heterocycles. The smallest absolute Gasteiger partial charge is 0.187 e. The Hall–Kier alpha value is -3.16. The lowest BCUT2D eigenvalue weighted by Gasteiger charge is -2.16. The molecule has 0 spiro atoms. The normalized spacial score (nSPS) is 14.0. The van der Waals surface area contributed by atoms with Crippen LogP contribution in [0.4, 0.5) is 16.5 Å². The minimum atomic E-state index is 0.910. The fraction of sp³-hybridized carbons (Fsp3) is 0.308. The van der Waals surface area contributed by atoms with E-state index in [2.05, 4.69) is 75.3 Å². The Morgan fingerprint density at radius 3 is 2.67 bits per heavy atom. The monoisotopic (exact) mass is 458 g/mol. The summed E-state index contributed by atoms with van der Waals surface area (Å²) in [6.07, 6.45) is 9.19. The average molecular weight is 459 g/mol. The number of aromatic nitrogens is 3. The summed E-state index contributed by atoms with van der Waals surface area (Å²) in [5.41, 5.74) is 6.79. The second-order valence-corrected chi connectivity index (χ2v) is 9.24. The standard InChI is InChI=1S/C26H30N6S/c1-2-20-17-22(28-12-15-31-13-3-4-14-31)7-10-24(20)29-26-30-25(18-33-26)21-5-8-23(9-6-21)32-16-11-27-19-32/h5-11,16-19,28H,2-4,12-15H2,1H3,(H,29,30). The van der Waals surface area contributed by atoms with Gasteiger partial charge in [0.15, 0.2) is 5.13 Å². The van der Waals surface area contributed by atoms with Gasteiger partial charge < -0.3 is 20.1 Å². The number of thiazole rings is 1. The lowest BCUT2D eigenvalue weighted by molar-refractivity contribution is 0.352. The number of anilines is 3. The number of likely N-dealkylation sites (tertiary alicyclic amines) is 1. The van der Waals surface area contributed by atoms with E-state index < -0.39 is 0 Å². The second-order valence-electron chi connectivity index (χ2n) is 8.38. The van der Waals surface area contributed by atoms with E-state index in [1.54, 1.807) is 23.9 Å². The van der Waals surface area contributed by atoms with Gasteiger partial charge in [-0.25, -0.2) is 9.97 Å². The molecular weight excluding hydrogens is 428 g/mol. The van der Waals surface area contributed by atoms with Crippen molar-refractivity contribution >= 4 is 27.8 Å². The molecule has 0 saturated carbocycles. The predicted octanol–water partition coefficient (Wildman–Crippen LogP) is 5.81. The molecule has 3 heterocycles. The molecule has 6 nitrogen and oxygen atoms in total. The van der Waals surface area contributed by atoms with Crippen LogP contribution in [0.2, 0.25) is 0 Å². The number of imidazole rings is 1. The van der Waals surface area contributed by atoms with Gasteiger partial charge in [-0.15, -0.1) is 11.3 Å². The summed E-state index contributed by atoms with van der Waals surface area (Å²) in [5, 5.41) is 10.1. The molecule has 0 unspecified atom stereocenters. The van der Waals surface area contributed by atoms with Crippen molar-refractivity contribution in [1.29, 1.82) is 0 Å². The van der Waals surface area contributed by atoms with Gasteiger partial charge in [-0.2, -0.15) is 0 Å². The average Bonchev–Trinajstić information content (AvgIpc) is 3.63. The maximum absolute atomic E-state index is 4.83. The highest BCUT2D eigenvalue weighted by Gasteiger charge is 2.11. The van der Waals surface area contributed by atoms with Crippen LogP contribution in [0.3, 0.4) is 0 Å². The van der Waals surface area contributed by atoms with Gasteiger partial charge in [-0.3, -0.25) is 0 Å². The van der Waals surface area contributed by atoms with Gasteiger partial charge in [0.05, 0.1) is 12.0 Å². The summed E-state index contributed by atoms with van der Waals surface area (Å²) in [5.74, 6) is 0. The van der Waals surface area contributed by atoms with E-state index in [-0.39, 0.29) is 0 Å². The van der Waals surface area contributed by atoms with Crippen molar-refractivity contribution in [2.24, 2.45) is 0 Å². The molecule has 0 atom stereocenters. The molecule has 33 heavy (non-hydrogen) atoms. The predicted molar refractivity (Wildman–Crippen MR) is 138 cm³/mol. The van der Waals surface area contributed by atoms with Gasteiger partial charge in [0.1, 0.15) is 0 Å². The van der Waals surface area contributed by atoms with Crippen molar-refractivity contribution in [2.75, 3.05) is 36.8 Å². The van der Waals surface area contributed by atoms with Crippen LogP contribution in [0.1, 0.15) is 25.3 Å². The molecule has 4 aromatic rings. The molecule has 0 radical (unpaired) electrons. The second kappa shape index (κ2) is 10.2. The molecule has 0 bridgehead atoms. The molecule has 1 aliphatic heterocycles. The first kappa shape index (κ1) is 21.7. The number of aryl methyl sites for hydroxylation is 1. The number of nitrogens with zero attached hydrogens (tertiary/aromatic N) is 4. The zero-order chi connectivity index (χ0) is 22.5. The van der Waals surface area contributed by atoms with E-state index in [4.69, 9.17) is 4.98 Å². The van der Waals surface area contributed by atoms with Crippen LogP contribution in [0, 0.1) is 0 Å². The van der Waals surface area contributed by atoms with Crippen molar-refractivity contribution in [1.82, 2.24) is 19.4 Å². The summed E-state index contributed by atoms with van der Waals surface area (Å²) < 4.78 is 2.00. The maximum atomic E-state index is 4.83.